The molecule has 19 heavy (non-hydrogen) atoms. The first-order valence-electron chi connectivity index (χ1n) is 5.17. The van der Waals surface area contributed by atoms with E-state index in [4.69, 9.17) is 0 Å². The summed E-state index contributed by atoms with van der Waals surface area (Å²) in [6, 6.07) is 11.1. The quantitative estimate of drug-likeness (QED) is 0.562. The lowest BCUT2D eigenvalue weighted by Crippen LogP contribution is -2.11. The van der Waals surface area contributed by atoms with Crippen LogP contribution in [0.15, 0.2) is 42.4 Å². The van der Waals surface area contributed by atoms with Crippen LogP contribution in [-0.4, -0.2) is 5.78 Å². The molecule has 0 aliphatic heterocycles. The standard InChI is InChI=1S/C13H6Br3NOS/c14-10-4-2-1-3-7(10)9(6-17)12(18)8-5-11(15)19-13(8)16/h1-5,9H. The lowest BCUT2D eigenvalue weighted by molar-refractivity contribution is 0.0978. The van der Waals surface area contributed by atoms with Gasteiger partial charge in [0, 0.05) is 10.0 Å². The Morgan fingerprint density at radius 2 is 1.95 bits per heavy atom. The number of nitriles is 1. The van der Waals surface area contributed by atoms with E-state index < -0.39 is 5.92 Å². The normalized spacial score (nSPS) is 11.9. The van der Waals surface area contributed by atoms with Gasteiger partial charge in [-0.05, 0) is 49.6 Å². The highest BCUT2D eigenvalue weighted by atomic mass is 79.9. The molecule has 0 N–H and O–H groups in total. The molecule has 2 aromatic rings. The Bertz CT molecular complexity index is 675. The van der Waals surface area contributed by atoms with E-state index in [0.29, 0.717) is 11.1 Å². The molecular weight excluding hydrogens is 458 g/mol. The maximum Gasteiger partial charge on any atom is 0.186 e. The van der Waals surface area contributed by atoms with Crippen LogP contribution in [0.5, 0.6) is 0 Å². The number of hydrogen-bond donors (Lipinski definition) is 0. The van der Waals surface area contributed by atoms with E-state index >= 15 is 0 Å². The molecule has 0 aliphatic carbocycles. The Kier molecular flexibility index (Phi) is 4.96. The number of nitrogens with zero attached hydrogens (tertiary/aromatic N) is 1. The fraction of sp³-hybridized carbons (Fsp3) is 0.0769. The second-order valence-electron chi connectivity index (χ2n) is 3.69. The Hall–Kier alpha value is -0.480. The first-order valence-corrected chi connectivity index (χ1v) is 8.37. The summed E-state index contributed by atoms with van der Waals surface area (Å²) in [6.45, 7) is 0. The van der Waals surface area contributed by atoms with E-state index in [0.717, 1.165) is 12.0 Å². The number of carbonyl (C=O) groups is 1. The summed E-state index contributed by atoms with van der Waals surface area (Å²) in [4.78, 5) is 12.5. The second-order valence-corrected chi connectivity index (χ2v) is 8.29. The van der Waals surface area contributed by atoms with Gasteiger partial charge in [-0.2, -0.15) is 5.26 Å². The van der Waals surface area contributed by atoms with Crippen molar-refractivity contribution in [1.82, 2.24) is 0 Å². The number of Topliss-reactive ketones (excluding diaryl/α,β-unsaturated/α-hetero) is 1. The molecule has 2 nitrogen and oxygen atoms in total. The summed E-state index contributed by atoms with van der Waals surface area (Å²) < 4.78 is 2.35. The molecule has 1 aromatic carbocycles. The van der Waals surface area contributed by atoms with Gasteiger partial charge in [0.2, 0.25) is 0 Å². The third kappa shape index (κ3) is 3.16. The van der Waals surface area contributed by atoms with Gasteiger partial charge in [0.15, 0.2) is 5.78 Å². The predicted octanol–water partition coefficient (Wildman–Crippen LogP) is 5.53. The number of carbonyl (C=O) groups excluding carboxylic acids is 1. The monoisotopic (exact) mass is 461 g/mol. The van der Waals surface area contributed by atoms with Crippen LogP contribution in [0.3, 0.4) is 0 Å². The van der Waals surface area contributed by atoms with Crippen molar-refractivity contribution in [3.63, 3.8) is 0 Å². The van der Waals surface area contributed by atoms with E-state index in [1.165, 1.54) is 11.3 Å². The SMILES string of the molecule is N#CC(C(=O)c1cc(Br)sc1Br)c1ccccc1Br. The fourth-order valence-electron chi connectivity index (χ4n) is 1.64. The zero-order valence-electron chi connectivity index (χ0n) is 9.36. The van der Waals surface area contributed by atoms with Crippen molar-refractivity contribution in [1.29, 1.82) is 5.26 Å². The van der Waals surface area contributed by atoms with Gasteiger partial charge >= 0.3 is 0 Å². The molecule has 0 bridgehead atoms. The van der Waals surface area contributed by atoms with Crippen LogP contribution >= 0.6 is 59.1 Å². The summed E-state index contributed by atoms with van der Waals surface area (Å²) in [7, 11) is 0. The number of thiophene rings is 1. The number of rotatable bonds is 3. The van der Waals surface area contributed by atoms with Crippen molar-refractivity contribution in [2.24, 2.45) is 0 Å². The van der Waals surface area contributed by atoms with Crippen molar-refractivity contribution < 1.29 is 4.79 Å². The Morgan fingerprint density at radius 1 is 1.26 bits per heavy atom. The van der Waals surface area contributed by atoms with Gasteiger partial charge in [-0.15, -0.1) is 11.3 Å². The molecule has 0 amide bonds. The second kappa shape index (κ2) is 6.31. The molecule has 1 atom stereocenters. The Labute approximate surface area is 139 Å². The summed E-state index contributed by atoms with van der Waals surface area (Å²) in [6.07, 6.45) is 0. The Balaban J connectivity index is 2.44. The first-order chi connectivity index (χ1) is 9.04. The van der Waals surface area contributed by atoms with Gasteiger partial charge < -0.3 is 0 Å². The molecule has 96 valence electrons. The van der Waals surface area contributed by atoms with Crippen molar-refractivity contribution in [3.8, 4) is 6.07 Å². The van der Waals surface area contributed by atoms with Crippen LogP contribution in [0.1, 0.15) is 21.8 Å². The lowest BCUT2D eigenvalue weighted by atomic mass is 9.93. The molecule has 0 spiro atoms. The summed E-state index contributed by atoms with van der Waals surface area (Å²) in [5.74, 6) is -1.02. The number of halogens is 3. The molecule has 0 fully saturated rings. The highest BCUT2D eigenvalue weighted by Crippen LogP contribution is 2.36. The van der Waals surface area contributed by atoms with Crippen molar-refractivity contribution >= 4 is 64.9 Å². The molecule has 0 aliphatic rings. The highest BCUT2D eigenvalue weighted by Gasteiger charge is 2.26. The molecule has 2 rings (SSSR count). The van der Waals surface area contributed by atoms with E-state index in [2.05, 4.69) is 53.9 Å². The molecule has 0 saturated carbocycles. The van der Waals surface area contributed by atoms with Crippen LogP contribution in [0, 0.1) is 11.3 Å². The minimum Gasteiger partial charge on any atom is -0.292 e. The topological polar surface area (TPSA) is 40.9 Å². The van der Waals surface area contributed by atoms with Crippen molar-refractivity contribution in [3.05, 3.63) is 53.5 Å². The van der Waals surface area contributed by atoms with Crippen molar-refractivity contribution in [2.75, 3.05) is 0 Å². The summed E-state index contributed by atoms with van der Waals surface area (Å²) in [5.41, 5.74) is 1.21. The zero-order valence-corrected chi connectivity index (χ0v) is 14.9. The van der Waals surface area contributed by atoms with E-state index in [-0.39, 0.29) is 5.78 Å². The van der Waals surface area contributed by atoms with Gasteiger partial charge in [-0.3, -0.25) is 4.79 Å². The molecule has 1 heterocycles. The molecule has 0 radical (unpaired) electrons. The van der Waals surface area contributed by atoms with E-state index in [1.807, 2.05) is 18.2 Å². The molecule has 1 aromatic heterocycles. The van der Waals surface area contributed by atoms with Crippen LogP contribution in [0.2, 0.25) is 0 Å². The minimum absolute atomic E-state index is 0.205. The van der Waals surface area contributed by atoms with Crippen LogP contribution in [0.4, 0.5) is 0 Å². The molecular formula is C13H6Br3NOS. The van der Waals surface area contributed by atoms with Gasteiger partial charge in [0.25, 0.3) is 0 Å². The fourth-order valence-corrected chi connectivity index (χ4v) is 4.97. The number of benzene rings is 1. The minimum atomic E-state index is -0.812. The molecule has 0 saturated heterocycles. The largest absolute Gasteiger partial charge is 0.292 e. The maximum absolute atomic E-state index is 12.5. The van der Waals surface area contributed by atoms with Crippen molar-refractivity contribution in [2.45, 2.75) is 5.92 Å². The van der Waals surface area contributed by atoms with Gasteiger partial charge in [0.05, 0.1) is 13.6 Å². The van der Waals surface area contributed by atoms with Gasteiger partial charge in [-0.1, -0.05) is 34.1 Å². The highest BCUT2D eigenvalue weighted by molar-refractivity contribution is 9.12. The third-order valence-electron chi connectivity index (χ3n) is 2.53. The lowest BCUT2D eigenvalue weighted by Gasteiger charge is -2.09. The third-order valence-corrected chi connectivity index (χ3v) is 5.59. The zero-order chi connectivity index (χ0) is 14.0. The number of ketones is 1. The van der Waals surface area contributed by atoms with Crippen LogP contribution in [-0.2, 0) is 0 Å². The van der Waals surface area contributed by atoms with Crippen LogP contribution in [0.25, 0.3) is 0 Å². The number of hydrogen-bond acceptors (Lipinski definition) is 3. The first kappa shape index (κ1) is 14.9. The molecule has 6 heteroatoms. The van der Waals surface area contributed by atoms with E-state index in [1.54, 1.807) is 12.1 Å². The summed E-state index contributed by atoms with van der Waals surface area (Å²) >= 11 is 11.5. The summed E-state index contributed by atoms with van der Waals surface area (Å²) in [5, 5.41) is 9.32. The molecule has 1 unspecified atom stereocenters. The van der Waals surface area contributed by atoms with Gasteiger partial charge in [0.1, 0.15) is 5.92 Å². The average molecular weight is 464 g/mol. The smallest absolute Gasteiger partial charge is 0.186 e. The predicted molar refractivity (Wildman–Crippen MR) is 86.5 cm³/mol. The van der Waals surface area contributed by atoms with E-state index in [9.17, 15) is 10.1 Å². The maximum atomic E-state index is 12.5. The average Bonchev–Trinajstić information content (AvgIpc) is 2.71. The van der Waals surface area contributed by atoms with Gasteiger partial charge in [-0.25, -0.2) is 0 Å². The Morgan fingerprint density at radius 3 is 2.47 bits per heavy atom. The van der Waals surface area contributed by atoms with Crippen LogP contribution < -0.4 is 0 Å².